The first-order valence-electron chi connectivity index (χ1n) is 13.5. The van der Waals surface area contributed by atoms with Gasteiger partial charge in [-0.25, -0.2) is 9.78 Å². The molecule has 1 N–H and O–H groups in total. The highest BCUT2D eigenvalue weighted by Crippen LogP contribution is 2.31. The highest BCUT2D eigenvalue weighted by Gasteiger charge is 2.31. The summed E-state index contributed by atoms with van der Waals surface area (Å²) in [5.74, 6) is 2.57. The van der Waals surface area contributed by atoms with E-state index in [0.29, 0.717) is 43.8 Å². The molecule has 1 amide bonds. The summed E-state index contributed by atoms with van der Waals surface area (Å²) in [4.78, 5) is 31.8. The second kappa shape index (κ2) is 21.2. The molecule has 0 radical (unpaired) electrons. The van der Waals surface area contributed by atoms with Crippen LogP contribution in [0.5, 0.6) is 0 Å². The summed E-state index contributed by atoms with van der Waals surface area (Å²) < 4.78 is 11.2. The largest absolute Gasteiger partial charge is 0.461 e. The van der Waals surface area contributed by atoms with Crippen LogP contribution in [0.4, 0.5) is 0 Å². The number of thiazole rings is 1. The zero-order chi connectivity index (χ0) is 27.3. The third-order valence-electron chi connectivity index (χ3n) is 5.56. The summed E-state index contributed by atoms with van der Waals surface area (Å²) in [6, 6.07) is -0.0516. The number of hydrogen-bond donors (Lipinski definition) is 1. The second-order valence-corrected chi connectivity index (χ2v) is 9.52. The number of terminal acetylenes is 1. The molecule has 0 saturated heterocycles. The third kappa shape index (κ3) is 12.8. The fraction of sp³-hybridized carbons (Fsp3) is 0.750. The predicted octanol–water partition coefficient (Wildman–Crippen LogP) is 6.02. The third-order valence-corrected chi connectivity index (χ3v) is 6.50. The van der Waals surface area contributed by atoms with E-state index in [2.05, 4.69) is 31.7 Å². The van der Waals surface area contributed by atoms with Crippen LogP contribution in [0.15, 0.2) is 5.38 Å². The van der Waals surface area contributed by atoms with Crippen LogP contribution in [0.25, 0.3) is 0 Å². The summed E-state index contributed by atoms with van der Waals surface area (Å²) in [7, 11) is 0. The van der Waals surface area contributed by atoms with Crippen LogP contribution in [0.1, 0.15) is 115 Å². The zero-order valence-corrected chi connectivity index (χ0v) is 24.1. The van der Waals surface area contributed by atoms with Crippen molar-refractivity contribution >= 4 is 23.2 Å². The molecule has 0 bridgehead atoms. The van der Waals surface area contributed by atoms with Gasteiger partial charge in [0.25, 0.3) is 0 Å². The lowest BCUT2D eigenvalue weighted by molar-refractivity contribution is -0.136. The molecule has 1 rings (SSSR count). The van der Waals surface area contributed by atoms with E-state index in [-0.39, 0.29) is 42.9 Å². The van der Waals surface area contributed by atoms with Gasteiger partial charge in [-0.05, 0) is 38.5 Å². The van der Waals surface area contributed by atoms with E-state index < -0.39 is 5.97 Å². The van der Waals surface area contributed by atoms with Crippen molar-refractivity contribution in [1.29, 1.82) is 0 Å². The van der Waals surface area contributed by atoms with Gasteiger partial charge in [-0.15, -0.1) is 23.7 Å². The van der Waals surface area contributed by atoms with Crippen LogP contribution in [0.3, 0.4) is 0 Å². The van der Waals surface area contributed by atoms with E-state index in [9.17, 15) is 14.7 Å². The normalized spacial score (nSPS) is 12.3. The van der Waals surface area contributed by atoms with Crippen molar-refractivity contribution in [3.05, 3.63) is 16.1 Å². The molecule has 2 unspecified atom stereocenters. The first-order valence-corrected chi connectivity index (χ1v) is 14.3. The first kappa shape index (κ1) is 34.0. The lowest BCUT2D eigenvalue weighted by Crippen LogP contribution is -2.45. The monoisotopic (exact) mass is 524 g/mol. The van der Waals surface area contributed by atoms with Gasteiger partial charge in [-0.3, -0.25) is 4.79 Å². The number of esters is 1. The van der Waals surface area contributed by atoms with Crippen LogP contribution < -0.4 is 0 Å². The molecule has 7 nitrogen and oxygen atoms in total. The maximum atomic E-state index is 13.2. The molecule has 0 aliphatic rings. The number of nitrogens with zero attached hydrogens (tertiary/aromatic N) is 2. The van der Waals surface area contributed by atoms with Gasteiger partial charge >= 0.3 is 5.97 Å². The molecule has 0 saturated carbocycles. The van der Waals surface area contributed by atoms with E-state index in [1.54, 1.807) is 12.3 Å². The van der Waals surface area contributed by atoms with Crippen molar-refractivity contribution in [2.45, 2.75) is 105 Å². The summed E-state index contributed by atoms with van der Waals surface area (Å²) in [5, 5.41) is 11.6. The Kier molecular flexibility index (Phi) is 20.0. The van der Waals surface area contributed by atoms with Gasteiger partial charge in [0.15, 0.2) is 5.69 Å². The zero-order valence-electron chi connectivity index (χ0n) is 23.3. The maximum absolute atomic E-state index is 13.2. The van der Waals surface area contributed by atoms with E-state index in [1.165, 1.54) is 11.3 Å². The van der Waals surface area contributed by atoms with Gasteiger partial charge in [0.05, 0.1) is 6.61 Å². The van der Waals surface area contributed by atoms with Gasteiger partial charge < -0.3 is 19.5 Å². The van der Waals surface area contributed by atoms with Crippen LogP contribution in [0, 0.1) is 18.3 Å². The van der Waals surface area contributed by atoms with Crippen molar-refractivity contribution in [1.82, 2.24) is 9.88 Å². The standard InChI is InChI=1S/C26H42N2O5S.C2H6/c1-6-9-11-12-15-28(24(30)14-10-7-2)22(20(4)5)18-23(33-17-13-16-29)25-27-21(19-34-25)26(31)32-8-3;1-2/h1,19-20,22-23,29H,7-18H2,2-5H3;1-2H3. The van der Waals surface area contributed by atoms with Crippen LogP contribution >= 0.6 is 11.3 Å². The topological polar surface area (TPSA) is 89.0 Å². The number of hydrogen-bond acceptors (Lipinski definition) is 7. The van der Waals surface area contributed by atoms with E-state index in [4.69, 9.17) is 15.9 Å². The number of amides is 1. The van der Waals surface area contributed by atoms with E-state index in [0.717, 1.165) is 25.7 Å². The summed E-state index contributed by atoms with van der Waals surface area (Å²) in [5.41, 5.74) is 0.267. The fourth-order valence-electron chi connectivity index (χ4n) is 3.70. The molecule has 8 heteroatoms. The molecule has 0 aliphatic heterocycles. The van der Waals surface area contributed by atoms with Crippen molar-refractivity contribution in [2.75, 3.05) is 26.4 Å². The van der Waals surface area contributed by atoms with Crippen molar-refractivity contribution in [3.63, 3.8) is 0 Å². The summed E-state index contributed by atoms with van der Waals surface area (Å²) in [6.45, 7) is 13.4. The molecule has 0 fully saturated rings. The number of ether oxygens (including phenoxy) is 2. The first-order chi connectivity index (χ1) is 17.4. The summed E-state index contributed by atoms with van der Waals surface area (Å²) in [6.07, 6.45) is 10.9. The van der Waals surface area contributed by atoms with Gasteiger partial charge in [-0.2, -0.15) is 0 Å². The Labute approximate surface area is 223 Å². The number of carbonyl (C=O) groups is 2. The molecule has 1 aromatic rings. The maximum Gasteiger partial charge on any atom is 0.357 e. The Morgan fingerprint density at radius 1 is 1.19 bits per heavy atom. The lowest BCUT2D eigenvalue weighted by atomic mass is 9.95. The van der Waals surface area contributed by atoms with Gasteiger partial charge in [0.1, 0.15) is 11.1 Å². The molecular weight excluding hydrogens is 476 g/mol. The fourth-order valence-corrected chi connectivity index (χ4v) is 4.55. The Balaban J connectivity index is 0.00000596. The van der Waals surface area contributed by atoms with E-state index >= 15 is 0 Å². The SMILES string of the molecule is C#CCCCCN(C(=O)CCCC)C(CC(OCCCO)c1nc(C(=O)OCC)cs1)C(C)C.CC. The number of aromatic nitrogens is 1. The molecule has 0 spiro atoms. The van der Waals surface area contributed by atoms with Gasteiger partial charge in [-0.1, -0.05) is 41.0 Å². The van der Waals surface area contributed by atoms with Crippen molar-refractivity contribution < 1.29 is 24.2 Å². The molecule has 1 heterocycles. The number of rotatable bonds is 18. The minimum absolute atomic E-state index is 0.0308. The highest BCUT2D eigenvalue weighted by molar-refractivity contribution is 7.09. The molecule has 36 heavy (non-hydrogen) atoms. The van der Waals surface area contributed by atoms with E-state index in [1.807, 2.05) is 18.7 Å². The average Bonchev–Trinajstić information content (AvgIpc) is 3.37. The number of unbranched alkanes of at least 4 members (excludes halogenated alkanes) is 3. The minimum Gasteiger partial charge on any atom is -0.461 e. The molecule has 1 aromatic heterocycles. The Morgan fingerprint density at radius 3 is 2.50 bits per heavy atom. The smallest absolute Gasteiger partial charge is 0.357 e. The van der Waals surface area contributed by atoms with Crippen molar-refractivity contribution in [3.8, 4) is 12.3 Å². The predicted molar refractivity (Wildman–Crippen MR) is 147 cm³/mol. The van der Waals surface area contributed by atoms with Crippen LogP contribution in [-0.4, -0.2) is 59.3 Å². The number of aliphatic hydroxyl groups excluding tert-OH is 1. The number of carbonyl (C=O) groups excluding carboxylic acids is 2. The second-order valence-electron chi connectivity index (χ2n) is 8.63. The molecule has 0 aromatic carbocycles. The summed E-state index contributed by atoms with van der Waals surface area (Å²) >= 11 is 1.36. The number of aliphatic hydroxyl groups is 1. The minimum atomic E-state index is -0.454. The quantitative estimate of drug-likeness (QED) is 0.143. The average molecular weight is 525 g/mol. The molecule has 0 aliphatic carbocycles. The Bertz CT molecular complexity index is 759. The van der Waals surface area contributed by atoms with Crippen molar-refractivity contribution in [2.24, 2.45) is 5.92 Å². The van der Waals surface area contributed by atoms with Gasteiger partial charge in [0, 0.05) is 50.4 Å². The molecular formula is C28H48N2O5S. The Hall–Kier alpha value is -1.95. The molecule has 2 atom stereocenters. The highest BCUT2D eigenvalue weighted by atomic mass is 32.1. The van der Waals surface area contributed by atoms with Gasteiger partial charge in [0.2, 0.25) is 5.91 Å². The lowest BCUT2D eigenvalue weighted by Gasteiger charge is -2.36. The molecule has 206 valence electrons. The van der Waals surface area contributed by atoms with Crippen LogP contribution in [0.2, 0.25) is 0 Å². The van der Waals surface area contributed by atoms with Crippen LogP contribution in [-0.2, 0) is 14.3 Å². The Morgan fingerprint density at radius 2 is 1.92 bits per heavy atom.